The van der Waals surface area contributed by atoms with Gasteiger partial charge in [-0.3, -0.25) is 14.9 Å². The van der Waals surface area contributed by atoms with Gasteiger partial charge in [0.25, 0.3) is 5.91 Å². The number of thiazole rings is 1. The average molecular weight is 363 g/mol. The van der Waals surface area contributed by atoms with Crippen LogP contribution >= 0.6 is 11.3 Å². The Labute approximate surface area is 148 Å². The van der Waals surface area contributed by atoms with Crippen molar-refractivity contribution in [2.45, 2.75) is 26.0 Å². The number of halogens is 1. The summed E-state index contributed by atoms with van der Waals surface area (Å²) in [7, 11) is 1.61. The number of hydrogen-bond donors (Lipinski definition) is 1. The van der Waals surface area contributed by atoms with Gasteiger partial charge in [0.1, 0.15) is 12.4 Å². The van der Waals surface area contributed by atoms with Crippen molar-refractivity contribution in [3.05, 3.63) is 46.2 Å². The van der Waals surface area contributed by atoms with Gasteiger partial charge in [0.2, 0.25) is 5.91 Å². The van der Waals surface area contributed by atoms with E-state index < -0.39 is 12.1 Å². The van der Waals surface area contributed by atoms with E-state index in [0.717, 1.165) is 10.6 Å². The van der Waals surface area contributed by atoms with Crippen LogP contribution in [0.4, 0.5) is 9.52 Å². The first kappa shape index (κ1) is 17.5. The number of benzene rings is 1. The Kier molecular flexibility index (Phi) is 4.82. The van der Waals surface area contributed by atoms with Gasteiger partial charge in [0.15, 0.2) is 11.2 Å². The van der Waals surface area contributed by atoms with E-state index in [0.29, 0.717) is 10.7 Å². The zero-order valence-corrected chi connectivity index (χ0v) is 14.9. The molecule has 6 nitrogen and oxygen atoms in total. The lowest BCUT2D eigenvalue weighted by Gasteiger charge is -2.38. The van der Waals surface area contributed by atoms with Crippen molar-refractivity contribution in [3.63, 3.8) is 0 Å². The molecule has 8 heteroatoms. The van der Waals surface area contributed by atoms with Crippen molar-refractivity contribution in [3.8, 4) is 0 Å². The number of anilines is 1. The third kappa shape index (κ3) is 3.54. The summed E-state index contributed by atoms with van der Waals surface area (Å²) in [6.07, 6.45) is -0.905. The van der Waals surface area contributed by atoms with Gasteiger partial charge in [-0.25, -0.2) is 9.37 Å². The highest BCUT2D eigenvalue weighted by molar-refractivity contribution is 7.15. The molecule has 0 saturated carbocycles. The highest BCUT2D eigenvalue weighted by Gasteiger charge is 2.40. The number of ether oxygens (including phenoxy) is 1. The largest absolute Gasteiger partial charge is 0.356 e. The number of likely N-dealkylation sites (N-methyl/N-ethyl adjacent to an activating group) is 1. The Morgan fingerprint density at radius 2 is 2.04 bits per heavy atom. The van der Waals surface area contributed by atoms with Gasteiger partial charge in [-0.05, 0) is 31.5 Å². The van der Waals surface area contributed by atoms with E-state index in [1.807, 2.05) is 13.8 Å². The van der Waals surface area contributed by atoms with E-state index in [1.54, 1.807) is 19.2 Å². The first-order chi connectivity index (χ1) is 11.9. The quantitative estimate of drug-likeness (QED) is 0.909. The van der Waals surface area contributed by atoms with Gasteiger partial charge in [-0.2, -0.15) is 0 Å². The second-order valence-electron chi connectivity index (χ2n) is 5.88. The number of rotatable bonds is 3. The van der Waals surface area contributed by atoms with Gasteiger partial charge >= 0.3 is 0 Å². The number of amides is 2. The fourth-order valence-corrected chi connectivity index (χ4v) is 3.51. The van der Waals surface area contributed by atoms with Gasteiger partial charge < -0.3 is 9.64 Å². The van der Waals surface area contributed by atoms with Gasteiger partial charge in [0, 0.05) is 11.9 Å². The van der Waals surface area contributed by atoms with Crippen molar-refractivity contribution in [2.75, 3.05) is 19.0 Å². The summed E-state index contributed by atoms with van der Waals surface area (Å²) in [5.74, 6) is -1.01. The monoisotopic (exact) mass is 363 g/mol. The predicted octanol–water partition coefficient (Wildman–Crippen LogP) is 2.44. The van der Waals surface area contributed by atoms with Gasteiger partial charge in [-0.15, -0.1) is 11.3 Å². The molecule has 1 aromatic heterocycles. The number of carbonyl (C=O) groups excluding carboxylic acids is 2. The molecule has 0 unspecified atom stereocenters. The average Bonchev–Trinajstić information content (AvgIpc) is 2.88. The standard InChI is InChI=1S/C17H18FN3O3S/c1-9-10(2)25-17(19-9)20-16(23)15-14(21(3)13(22)8-24-15)11-4-6-12(18)7-5-11/h4-7,14-15H,8H2,1-3H3,(H,19,20,23)/t14-,15+/m1/s1. The normalized spacial score (nSPS) is 20.6. The molecule has 0 radical (unpaired) electrons. The number of aromatic nitrogens is 1. The summed E-state index contributed by atoms with van der Waals surface area (Å²) in [4.78, 5) is 31.5. The molecule has 3 rings (SSSR count). The third-order valence-electron chi connectivity index (χ3n) is 4.21. The number of aryl methyl sites for hydroxylation is 2. The number of nitrogens with zero attached hydrogens (tertiary/aromatic N) is 2. The highest BCUT2D eigenvalue weighted by atomic mass is 32.1. The summed E-state index contributed by atoms with van der Waals surface area (Å²) >= 11 is 1.38. The number of morpholine rings is 1. The van der Waals surface area contributed by atoms with Crippen LogP contribution < -0.4 is 5.32 Å². The van der Waals surface area contributed by atoms with Crippen LogP contribution in [0.5, 0.6) is 0 Å². The van der Waals surface area contributed by atoms with E-state index >= 15 is 0 Å². The molecule has 2 aromatic rings. The van der Waals surface area contributed by atoms with Gasteiger partial charge in [-0.1, -0.05) is 12.1 Å². The Bertz CT molecular complexity index is 786. The molecule has 1 aliphatic rings. The molecule has 1 aliphatic heterocycles. The van der Waals surface area contributed by atoms with E-state index in [2.05, 4.69) is 10.3 Å². The maximum atomic E-state index is 13.2. The minimum Gasteiger partial charge on any atom is -0.356 e. The first-order valence-corrected chi connectivity index (χ1v) is 8.56. The molecule has 132 valence electrons. The SMILES string of the molecule is Cc1nc(NC(=O)[C@H]2OCC(=O)N(C)[C@@H]2c2ccc(F)cc2)sc1C. The molecule has 0 aliphatic carbocycles. The zero-order valence-electron chi connectivity index (χ0n) is 14.1. The minimum atomic E-state index is -0.905. The summed E-state index contributed by atoms with van der Waals surface area (Å²) in [5, 5.41) is 3.24. The van der Waals surface area contributed by atoms with Gasteiger partial charge in [0.05, 0.1) is 11.7 Å². The molecule has 0 bridgehead atoms. The highest BCUT2D eigenvalue weighted by Crippen LogP contribution is 2.30. The smallest absolute Gasteiger partial charge is 0.257 e. The Balaban J connectivity index is 1.87. The maximum Gasteiger partial charge on any atom is 0.257 e. The van der Waals surface area contributed by atoms with Crippen molar-refractivity contribution >= 4 is 28.3 Å². The number of hydrogen-bond acceptors (Lipinski definition) is 5. The Morgan fingerprint density at radius 1 is 1.36 bits per heavy atom. The van der Waals surface area contributed by atoms with E-state index in [4.69, 9.17) is 4.74 Å². The summed E-state index contributed by atoms with van der Waals surface area (Å²) in [6, 6.07) is 5.06. The lowest BCUT2D eigenvalue weighted by atomic mass is 9.97. The van der Waals surface area contributed by atoms with Crippen LogP contribution in [0.1, 0.15) is 22.2 Å². The van der Waals surface area contributed by atoms with E-state index in [-0.39, 0.29) is 24.2 Å². The molecule has 25 heavy (non-hydrogen) atoms. The molecule has 1 saturated heterocycles. The van der Waals surface area contributed by atoms with E-state index in [1.165, 1.54) is 28.4 Å². The summed E-state index contributed by atoms with van der Waals surface area (Å²) < 4.78 is 18.7. The molecule has 2 atom stereocenters. The third-order valence-corrected chi connectivity index (χ3v) is 5.20. The van der Waals surface area contributed by atoms with Crippen LogP contribution in [-0.4, -0.2) is 41.5 Å². The predicted molar refractivity (Wildman–Crippen MR) is 91.9 cm³/mol. The summed E-state index contributed by atoms with van der Waals surface area (Å²) in [6.45, 7) is 3.61. The first-order valence-electron chi connectivity index (χ1n) is 7.74. The van der Waals surface area contributed by atoms with E-state index in [9.17, 15) is 14.0 Å². The molecule has 1 N–H and O–H groups in total. The summed E-state index contributed by atoms with van der Waals surface area (Å²) in [5.41, 5.74) is 1.48. The second kappa shape index (κ2) is 6.89. The molecule has 0 spiro atoms. The lowest BCUT2D eigenvalue weighted by molar-refractivity contribution is -0.160. The maximum absolute atomic E-state index is 13.2. The van der Waals surface area contributed by atoms with Crippen LogP contribution in [0.15, 0.2) is 24.3 Å². The van der Waals surface area contributed by atoms with Crippen molar-refractivity contribution in [2.24, 2.45) is 0 Å². The van der Waals surface area contributed by atoms with Crippen molar-refractivity contribution in [1.29, 1.82) is 0 Å². The fourth-order valence-electron chi connectivity index (χ4n) is 2.69. The fraction of sp³-hybridized carbons (Fsp3) is 0.353. The minimum absolute atomic E-state index is 0.178. The van der Waals surface area contributed by atoms with Crippen LogP contribution in [0.3, 0.4) is 0 Å². The van der Waals surface area contributed by atoms with Crippen molar-refractivity contribution in [1.82, 2.24) is 9.88 Å². The Morgan fingerprint density at radius 3 is 2.64 bits per heavy atom. The van der Waals surface area contributed by atoms with Crippen LogP contribution in [-0.2, 0) is 14.3 Å². The van der Waals surface area contributed by atoms with Crippen LogP contribution in [0.25, 0.3) is 0 Å². The topological polar surface area (TPSA) is 71.5 Å². The second-order valence-corrected chi connectivity index (χ2v) is 7.09. The Hall–Kier alpha value is -2.32. The molecular weight excluding hydrogens is 345 g/mol. The number of nitrogens with one attached hydrogen (secondary N) is 1. The molecular formula is C17H18FN3O3S. The molecule has 2 heterocycles. The molecule has 1 aromatic carbocycles. The zero-order chi connectivity index (χ0) is 18.1. The molecule has 2 amide bonds. The number of carbonyl (C=O) groups is 2. The lowest BCUT2D eigenvalue weighted by Crippen LogP contribution is -2.51. The molecule has 1 fully saturated rings. The van der Waals surface area contributed by atoms with Crippen molar-refractivity contribution < 1.29 is 18.7 Å². The van der Waals surface area contributed by atoms with Crippen LogP contribution in [0.2, 0.25) is 0 Å². The van der Waals surface area contributed by atoms with Crippen LogP contribution in [0, 0.1) is 19.7 Å².